The number of aromatic nitrogens is 2. The van der Waals surface area contributed by atoms with Gasteiger partial charge in [-0.3, -0.25) is 14.4 Å². The van der Waals surface area contributed by atoms with E-state index in [0.717, 1.165) is 35.7 Å². The first-order valence-electron chi connectivity index (χ1n) is 18.6. The third-order valence-corrected chi connectivity index (χ3v) is 10.1. The monoisotopic (exact) mass is 799 g/mol. The molecule has 1 atom stereocenters. The summed E-state index contributed by atoms with van der Waals surface area (Å²) in [6.07, 6.45) is -3.94. The highest BCUT2D eigenvalue weighted by molar-refractivity contribution is 5.99. The Bertz CT molecular complexity index is 2060. The molecule has 57 heavy (non-hydrogen) atoms. The van der Waals surface area contributed by atoms with E-state index in [1.165, 1.54) is 12.1 Å². The summed E-state index contributed by atoms with van der Waals surface area (Å²) in [5.74, 6) is -8.35. The maximum absolute atomic E-state index is 14.0. The summed E-state index contributed by atoms with van der Waals surface area (Å²) >= 11 is 0. The third kappa shape index (κ3) is 11.1. The number of carbonyl (C=O) groups is 4. The third-order valence-electron chi connectivity index (χ3n) is 10.1. The Kier molecular flexibility index (Phi) is 13.5. The molecule has 5 rings (SSSR count). The van der Waals surface area contributed by atoms with Gasteiger partial charge >= 0.3 is 18.2 Å². The van der Waals surface area contributed by atoms with Crippen LogP contribution in [-0.2, 0) is 21.9 Å². The Morgan fingerprint density at radius 2 is 1.63 bits per heavy atom. The average Bonchev–Trinajstić information content (AvgIpc) is 3.60. The average molecular weight is 800 g/mol. The Morgan fingerprint density at radius 3 is 2.26 bits per heavy atom. The number of amides is 4. The van der Waals surface area contributed by atoms with Gasteiger partial charge in [0.25, 0.3) is 5.91 Å². The second-order valence-corrected chi connectivity index (χ2v) is 14.7. The molecular weight excluding hydrogens is 753 g/mol. The van der Waals surface area contributed by atoms with Gasteiger partial charge in [-0.05, 0) is 118 Å². The Balaban J connectivity index is 1.31. The molecule has 1 aromatic heterocycles. The van der Waals surface area contributed by atoms with Crippen LogP contribution in [0.5, 0.6) is 0 Å². The molecule has 6 N–H and O–H groups in total. The molecular formula is C40H46F5N7O5. The molecule has 4 aromatic rings. The number of aryl methyl sites for hydroxylation is 1. The van der Waals surface area contributed by atoms with Gasteiger partial charge in [-0.15, -0.1) is 0 Å². The van der Waals surface area contributed by atoms with Crippen LogP contribution in [0.3, 0.4) is 0 Å². The summed E-state index contributed by atoms with van der Waals surface area (Å²) in [6, 6.07) is 15.4. The summed E-state index contributed by atoms with van der Waals surface area (Å²) < 4.78 is 66.9. The number of hydrogen-bond acceptors (Lipinski definition) is 6. The van der Waals surface area contributed by atoms with Gasteiger partial charge in [0, 0.05) is 36.7 Å². The molecule has 1 saturated carbocycles. The van der Waals surface area contributed by atoms with E-state index in [4.69, 9.17) is 5.11 Å². The highest BCUT2D eigenvalue weighted by Crippen LogP contribution is 2.43. The zero-order valence-corrected chi connectivity index (χ0v) is 31.7. The van der Waals surface area contributed by atoms with E-state index < -0.39 is 41.9 Å². The summed E-state index contributed by atoms with van der Waals surface area (Å²) in [6.45, 7) is 3.59. The number of benzene rings is 3. The zero-order valence-electron chi connectivity index (χ0n) is 31.7. The fourth-order valence-corrected chi connectivity index (χ4v) is 6.84. The summed E-state index contributed by atoms with van der Waals surface area (Å²) in [7, 11) is 3.94. The smallest absolute Gasteiger partial charge is 0.461 e. The topological polar surface area (TPSA) is 169 Å². The summed E-state index contributed by atoms with van der Waals surface area (Å²) in [4.78, 5) is 58.4. The molecule has 1 heterocycles. The minimum absolute atomic E-state index is 0.0498. The number of alkyl halides is 5. The molecule has 17 heteroatoms. The fraction of sp³-hybridized carbons (Fsp3) is 0.425. The van der Waals surface area contributed by atoms with Gasteiger partial charge in [0.1, 0.15) is 6.04 Å². The van der Waals surface area contributed by atoms with Gasteiger partial charge in [-0.25, -0.2) is 9.78 Å². The number of nitrogens with one attached hydrogen (secondary N) is 5. The van der Waals surface area contributed by atoms with Crippen molar-refractivity contribution >= 4 is 40.5 Å². The standard InChI is InChI=1S/C40H46F5N7O5/c1-23-19-28(34(53)46-17-4-18-52(2)3)13-15-30(23)26-9-5-24(6-10-26)20-33(49-35(54)27-11-7-25(8-12-27)22-47-38(56)57)36(55)48-29-14-16-31-32(21-29)51-37(50-31)39(41,42)40(43,44)45/h5-6,9-10,13-16,19,21,25,27,33,47H,4,7-8,11-12,17-18,20,22H2,1-3H3,(H,46,53)(H,48,55)(H,49,54)(H,50,51)(H,56,57)/t25-,27-,33-/m0/s1. The van der Waals surface area contributed by atoms with Gasteiger partial charge in [0.05, 0.1) is 11.0 Å². The van der Waals surface area contributed by atoms with Gasteiger partial charge in [0.15, 0.2) is 5.82 Å². The van der Waals surface area contributed by atoms with Crippen molar-refractivity contribution < 1.29 is 46.2 Å². The van der Waals surface area contributed by atoms with E-state index in [2.05, 4.69) is 26.3 Å². The van der Waals surface area contributed by atoms with Crippen molar-refractivity contribution in [3.8, 4) is 11.1 Å². The maximum Gasteiger partial charge on any atom is 0.461 e. The predicted molar refractivity (Wildman–Crippen MR) is 204 cm³/mol. The van der Waals surface area contributed by atoms with Crippen LogP contribution in [0.25, 0.3) is 22.2 Å². The number of H-pyrrole nitrogens is 1. The minimum Gasteiger partial charge on any atom is -0.465 e. The number of anilines is 1. The number of fused-ring (bicyclic) bond motifs is 1. The number of halogens is 5. The molecule has 12 nitrogen and oxygen atoms in total. The minimum atomic E-state index is -5.87. The Morgan fingerprint density at radius 1 is 0.930 bits per heavy atom. The predicted octanol–water partition coefficient (Wildman–Crippen LogP) is 6.61. The van der Waals surface area contributed by atoms with Crippen molar-refractivity contribution in [2.24, 2.45) is 11.8 Å². The number of carbonyl (C=O) groups excluding carboxylic acids is 3. The van der Waals surface area contributed by atoms with Crippen molar-refractivity contribution in [2.75, 3.05) is 39.0 Å². The first-order chi connectivity index (χ1) is 26.9. The molecule has 1 aliphatic carbocycles. The molecule has 0 spiro atoms. The first-order valence-corrected chi connectivity index (χ1v) is 18.6. The number of rotatable bonds is 15. The second-order valence-electron chi connectivity index (χ2n) is 14.7. The number of carboxylic acid groups (broad SMARTS) is 1. The summed E-state index contributed by atoms with van der Waals surface area (Å²) in [5, 5.41) is 19.7. The first kappa shape index (κ1) is 42.6. The summed E-state index contributed by atoms with van der Waals surface area (Å²) in [5.41, 5.74) is 3.59. The van der Waals surface area contributed by atoms with E-state index in [1.807, 2.05) is 67.3 Å². The molecule has 0 bridgehead atoms. The number of hydrogen-bond donors (Lipinski definition) is 6. The Hall–Kier alpha value is -5.58. The number of imidazole rings is 1. The Labute approximate surface area is 326 Å². The van der Waals surface area contributed by atoms with Crippen LogP contribution in [0.2, 0.25) is 0 Å². The highest BCUT2D eigenvalue weighted by atomic mass is 19.4. The SMILES string of the molecule is Cc1cc(C(=O)NCCCN(C)C)ccc1-c1ccc(C[C@H](NC(=O)[C@H]2CC[C@H](CNC(=O)O)CC2)C(=O)Nc2ccc3[nH]c(C(F)(F)C(F)(F)F)nc3c2)cc1. The largest absolute Gasteiger partial charge is 0.465 e. The molecule has 1 fully saturated rings. The molecule has 0 unspecified atom stereocenters. The zero-order chi connectivity index (χ0) is 41.5. The van der Waals surface area contributed by atoms with Crippen molar-refractivity contribution in [2.45, 2.75) is 63.6 Å². The molecule has 3 aromatic carbocycles. The van der Waals surface area contributed by atoms with E-state index in [-0.39, 0.29) is 47.4 Å². The van der Waals surface area contributed by atoms with E-state index in [0.29, 0.717) is 43.4 Å². The molecule has 306 valence electrons. The van der Waals surface area contributed by atoms with Crippen LogP contribution in [0.1, 0.15) is 59.4 Å². The number of nitrogens with zero attached hydrogens (tertiary/aromatic N) is 2. The fourth-order valence-electron chi connectivity index (χ4n) is 6.84. The molecule has 0 saturated heterocycles. The molecule has 0 radical (unpaired) electrons. The lowest BCUT2D eigenvalue weighted by atomic mass is 9.81. The van der Waals surface area contributed by atoms with Crippen LogP contribution in [-0.4, -0.2) is 89.7 Å². The van der Waals surface area contributed by atoms with E-state index in [9.17, 15) is 41.1 Å². The van der Waals surface area contributed by atoms with Gasteiger partial charge < -0.3 is 36.3 Å². The van der Waals surface area contributed by atoms with Gasteiger partial charge in [-0.1, -0.05) is 30.3 Å². The van der Waals surface area contributed by atoms with E-state index >= 15 is 0 Å². The number of aromatic amines is 1. The van der Waals surface area contributed by atoms with Crippen LogP contribution in [0.4, 0.5) is 32.4 Å². The molecule has 0 aliphatic heterocycles. The quantitative estimate of drug-likeness (QED) is 0.0581. The van der Waals surface area contributed by atoms with Crippen molar-refractivity contribution in [3.05, 3.63) is 83.2 Å². The normalized spacial score (nSPS) is 16.6. The molecule has 1 aliphatic rings. The lowest BCUT2D eigenvalue weighted by Crippen LogP contribution is -2.48. The van der Waals surface area contributed by atoms with Crippen molar-refractivity contribution in [1.82, 2.24) is 30.8 Å². The maximum atomic E-state index is 14.0. The second kappa shape index (κ2) is 18.1. The highest BCUT2D eigenvalue weighted by Gasteiger charge is 2.61. The van der Waals surface area contributed by atoms with Gasteiger partial charge in [0.2, 0.25) is 11.8 Å². The van der Waals surface area contributed by atoms with Crippen LogP contribution >= 0.6 is 0 Å². The lowest BCUT2D eigenvalue weighted by Gasteiger charge is -2.29. The lowest BCUT2D eigenvalue weighted by molar-refractivity contribution is -0.292. The van der Waals surface area contributed by atoms with Gasteiger partial charge in [-0.2, -0.15) is 22.0 Å². The van der Waals surface area contributed by atoms with Crippen LogP contribution < -0.4 is 21.3 Å². The molecule has 4 amide bonds. The van der Waals surface area contributed by atoms with Crippen molar-refractivity contribution in [3.63, 3.8) is 0 Å². The van der Waals surface area contributed by atoms with Crippen LogP contribution in [0, 0.1) is 18.8 Å². The van der Waals surface area contributed by atoms with Crippen molar-refractivity contribution in [1.29, 1.82) is 0 Å². The van der Waals surface area contributed by atoms with Crippen LogP contribution in [0.15, 0.2) is 60.7 Å². The van der Waals surface area contributed by atoms with E-state index in [1.54, 1.807) is 6.07 Å².